The molecule has 4 rings (SSSR count). The number of hydrogen-bond acceptors (Lipinski definition) is 5. The molecule has 0 radical (unpaired) electrons. The monoisotopic (exact) mass is 382 g/mol. The molecule has 0 spiro atoms. The van der Waals surface area contributed by atoms with Crippen LogP contribution in [0, 0.1) is 6.92 Å². The van der Waals surface area contributed by atoms with Gasteiger partial charge in [-0.05, 0) is 39.2 Å². The molecule has 0 N–H and O–H groups in total. The standard InChI is InChI=1S/C19H19ClN6O/c1-12-21-19-22-15-8-9-25(11-10-24(2)3)18(27)16(15)17(26(19)23-12)13-4-6-14(20)7-5-13/h4-9H,10-11H2,1-3H3. The van der Waals surface area contributed by atoms with E-state index in [-0.39, 0.29) is 5.56 Å². The molecule has 0 fully saturated rings. The van der Waals surface area contributed by atoms with E-state index in [1.54, 1.807) is 34.3 Å². The summed E-state index contributed by atoms with van der Waals surface area (Å²) in [4.78, 5) is 24.2. The van der Waals surface area contributed by atoms with Crippen LogP contribution >= 0.6 is 11.6 Å². The highest BCUT2D eigenvalue weighted by atomic mass is 35.5. The number of aromatic nitrogens is 5. The van der Waals surface area contributed by atoms with Crippen molar-refractivity contribution in [1.29, 1.82) is 0 Å². The first-order valence-electron chi connectivity index (χ1n) is 8.61. The molecular formula is C19H19ClN6O. The number of likely N-dealkylation sites (N-methyl/N-ethyl adjacent to an activating group) is 1. The Balaban J connectivity index is 2.06. The zero-order valence-corrected chi connectivity index (χ0v) is 16.1. The van der Waals surface area contributed by atoms with E-state index < -0.39 is 0 Å². The molecule has 0 bridgehead atoms. The third-order valence-electron chi connectivity index (χ3n) is 4.41. The van der Waals surface area contributed by atoms with E-state index >= 15 is 0 Å². The fourth-order valence-corrected chi connectivity index (χ4v) is 3.20. The topological polar surface area (TPSA) is 68.3 Å². The molecule has 0 unspecified atom stereocenters. The van der Waals surface area contributed by atoms with E-state index in [0.29, 0.717) is 39.8 Å². The Labute approximate surface area is 160 Å². The first kappa shape index (κ1) is 17.6. The van der Waals surface area contributed by atoms with Crippen molar-refractivity contribution < 1.29 is 0 Å². The molecule has 0 atom stereocenters. The molecule has 3 aromatic heterocycles. The Bertz CT molecular complexity index is 1190. The summed E-state index contributed by atoms with van der Waals surface area (Å²) in [5.41, 5.74) is 2.02. The molecule has 0 aliphatic rings. The van der Waals surface area contributed by atoms with Gasteiger partial charge in [0.15, 0.2) is 0 Å². The molecule has 8 heteroatoms. The van der Waals surface area contributed by atoms with E-state index in [9.17, 15) is 4.79 Å². The van der Waals surface area contributed by atoms with Crippen LogP contribution in [0.2, 0.25) is 5.02 Å². The molecule has 0 aliphatic heterocycles. The Kier molecular flexibility index (Phi) is 4.41. The lowest BCUT2D eigenvalue weighted by Crippen LogP contribution is -2.27. The minimum absolute atomic E-state index is 0.0955. The number of nitrogens with zero attached hydrogens (tertiary/aromatic N) is 6. The second-order valence-electron chi connectivity index (χ2n) is 6.72. The van der Waals surface area contributed by atoms with Crippen molar-refractivity contribution in [3.63, 3.8) is 0 Å². The zero-order valence-electron chi connectivity index (χ0n) is 15.3. The number of hydrogen-bond donors (Lipinski definition) is 0. The largest absolute Gasteiger partial charge is 0.314 e. The molecule has 4 aromatic rings. The Morgan fingerprint density at radius 2 is 1.85 bits per heavy atom. The van der Waals surface area contributed by atoms with Crippen LogP contribution in [-0.4, -0.2) is 49.7 Å². The molecule has 0 aliphatic carbocycles. The van der Waals surface area contributed by atoms with E-state index in [1.165, 1.54) is 0 Å². The SMILES string of the molecule is Cc1nc2nc3ccn(CCN(C)C)c(=O)c3c(-c3ccc(Cl)cc3)n2n1. The number of aryl methyl sites for hydroxylation is 1. The van der Waals surface area contributed by atoms with Crippen molar-refractivity contribution in [2.45, 2.75) is 13.5 Å². The zero-order chi connectivity index (χ0) is 19.1. The average Bonchev–Trinajstić information content (AvgIpc) is 3.00. The van der Waals surface area contributed by atoms with E-state index in [4.69, 9.17) is 11.6 Å². The minimum atomic E-state index is -0.0955. The summed E-state index contributed by atoms with van der Waals surface area (Å²) in [6.45, 7) is 3.16. The molecule has 1 aromatic carbocycles. The van der Waals surface area contributed by atoms with Crippen molar-refractivity contribution in [3.8, 4) is 11.3 Å². The maximum atomic E-state index is 13.3. The molecule has 0 amide bonds. The number of rotatable bonds is 4. The Hall–Kier alpha value is -2.77. The van der Waals surface area contributed by atoms with Gasteiger partial charge in [0.05, 0.1) is 16.6 Å². The van der Waals surface area contributed by atoms with Crippen molar-refractivity contribution in [2.75, 3.05) is 20.6 Å². The van der Waals surface area contributed by atoms with Gasteiger partial charge in [0, 0.05) is 29.9 Å². The first-order chi connectivity index (χ1) is 12.9. The smallest absolute Gasteiger partial charge is 0.262 e. The molecule has 138 valence electrons. The number of pyridine rings is 1. The maximum absolute atomic E-state index is 13.3. The van der Waals surface area contributed by atoms with Gasteiger partial charge < -0.3 is 9.47 Å². The Morgan fingerprint density at radius 1 is 1.11 bits per heavy atom. The van der Waals surface area contributed by atoms with E-state index in [1.807, 2.05) is 37.2 Å². The van der Waals surface area contributed by atoms with Crippen molar-refractivity contribution in [2.24, 2.45) is 0 Å². The van der Waals surface area contributed by atoms with Gasteiger partial charge in [0.2, 0.25) is 0 Å². The maximum Gasteiger partial charge on any atom is 0.262 e. The van der Waals surface area contributed by atoms with Crippen LogP contribution in [0.1, 0.15) is 5.82 Å². The fraction of sp³-hybridized carbons (Fsp3) is 0.263. The average molecular weight is 383 g/mol. The lowest BCUT2D eigenvalue weighted by atomic mass is 10.1. The van der Waals surface area contributed by atoms with Crippen LogP contribution < -0.4 is 5.56 Å². The van der Waals surface area contributed by atoms with Gasteiger partial charge in [0.25, 0.3) is 11.3 Å². The number of fused-ring (bicyclic) bond motifs is 2. The summed E-state index contributed by atoms with van der Waals surface area (Å²) in [6.07, 6.45) is 1.78. The quantitative estimate of drug-likeness (QED) is 0.542. The van der Waals surface area contributed by atoms with Crippen LogP contribution in [-0.2, 0) is 6.54 Å². The molecular weight excluding hydrogens is 364 g/mol. The highest BCUT2D eigenvalue weighted by molar-refractivity contribution is 6.30. The summed E-state index contributed by atoms with van der Waals surface area (Å²) < 4.78 is 3.34. The van der Waals surface area contributed by atoms with Crippen LogP contribution in [0.5, 0.6) is 0 Å². The van der Waals surface area contributed by atoms with Crippen LogP contribution in [0.4, 0.5) is 0 Å². The normalized spacial score (nSPS) is 11.7. The summed E-state index contributed by atoms with van der Waals surface area (Å²) in [7, 11) is 3.96. The lowest BCUT2D eigenvalue weighted by molar-refractivity contribution is 0.381. The van der Waals surface area contributed by atoms with Gasteiger partial charge in [-0.2, -0.15) is 9.50 Å². The molecule has 0 saturated heterocycles. The van der Waals surface area contributed by atoms with Gasteiger partial charge in [-0.15, -0.1) is 5.10 Å². The van der Waals surface area contributed by atoms with Crippen LogP contribution in [0.15, 0.2) is 41.3 Å². The van der Waals surface area contributed by atoms with Crippen LogP contribution in [0.3, 0.4) is 0 Å². The van der Waals surface area contributed by atoms with Crippen molar-refractivity contribution in [3.05, 3.63) is 57.7 Å². The third-order valence-corrected chi connectivity index (χ3v) is 4.67. The molecule has 7 nitrogen and oxygen atoms in total. The third kappa shape index (κ3) is 3.20. The highest BCUT2D eigenvalue weighted by Gasteiger charge is 2.18. The van der Waals surface area contributed by atoms with Crippen LogP contribution in [0.25, 0.3) is 27.9 Å². The van der Waals surface area contributed by atoms with Crippen molar-refractivity contribution >= 4 is 28.3 Å². The highest BCUT2D eigenvalue weighted by Crippen LogP contribution is 2.27. The lowest BCUT2D eigenvalue weighted by Gasteiger charge is -2.13. The summed E-state index contributed by atoms with van der Waals surface area (Å²) >= 11 is 6.05. The summed E-state index contributed by atoms with van der Waals surface area (Å²) in [5, 5.41) is 5.62. The fourth-order valence-electron chi connectivity index (χ4n) is 3.08. The van der Waals surface area contributed by atoms with E-state index in [0.717, 1.165) is 12.1 Å². The van der Waals surface area contributed by atoms with Gasteiger partial charge in [0.1, 0.15) is 5.82 Å². The second kappa shape index (κ2) is 6.75. The number of halogens is 1. The predicted molar refractivity (Wildman–Crippen MR) is 106 cm³/mol. The van der Waals surface area contributed by atoms with Gasteiger partial charge in [-0.1, -0.05) is 23.7 Å². The van der Waals surface area contributed by atoms with Gasteiger partial charge in [-0.3, -0.25) is 4.79 Å². The number of benzene rings is 1. The summed E-state index contributed by atoms with van der Waals surface area (Å²) in [6, 6.07) is 9.21. The molecule has 0 saturated carbocycles. The van der Waals surface area contributed by atoms with Gasteiger partial charge >= 0.3 is 0 Å². The Morgan fingerprint density at radius 3 is 2.56 bits per heavy atom. The van der Waals surface area contributed by atoms with Gasteiger partial charge in [-0.25, -0.2) is 4.98 Å². The second-order valence-corrected chi connectivity index (χ2v) is 7.15. The summed E-state index contributed by atoms with van der Waals surface area (Å²) in [5.74, 6) is 1.07. The minimum Gasteiger partial charge on any atom is -0.314 e. The molecule has 3 heterocycles. The van der Waals surface area contributed by atoms with Crippen molar-refractivity contribution in [1.82, 2.24) is 29.0 Å². The predicted octanol–water partition coefficient (Wildman–Crippen LogP) is 2.63. The first-order valence-corrected chi connectivity index (χ1v) is 8.99. The molecule has 27 heavy (non-hydrogen) atoms. The van der Waals surface area contributed by atoms with E-state index in [2.05, 4.69) is 15.1 Å².